The molecule has 2 aliphatic heterocycles. The van der Waals surface area contributed by atoms with Gasteiger partial charge in [-0.25, -0.2) is 0 Å². The van der Waals surface area contributed by atoms with E-state index in [0.29, 0.717) is 5.02 Å². The van der Waals surface area contributed by atoms with Gasteiger partial charge in [0, 0.05) is 30.3 Å². The minimum atomic E-state index is -0.718. The largest absolute Gasteiger partial charge is 0.467 e. The maximum Gasteiger partial charge on any atom is 0.236 e. The van der Waals surface area contributed by atoms with Crippen LogP contribution in [0.25, 0.3) is 6.08 Å². The Hall–Kier alpha value is -2.59. The normalized spacial score (nSPS) is 30.1. The minimum Gasteiger partial charge on any atom is -0.467 e. The molecule has 2 heterocycles. The second-order valence-corrected chi connectivity index (χ2v) is 8.61. The summed E-state index contributed by atoms with van der Waals surface area (Å²) >= 11 is 5.94. The van der Waals surface area contributed by atoms with Crippen LogP contribution in [0.15, 0.2) is 54.6 Å². The molecule has 29 heavy (non-hydrogen) atoms. The molecule has 1 amide bonds. The average Bonchev–Trinajstić information content (AvgIpc) is 3.17. The summed E-state index contributed by atoms with van der Waals surface area (Å²) in [7, 11) is 1.79. The van der Waals surface area contributed by atoms with Gasteiger partial charge in [-0.2, -0.15) is 0 Å². The number of fused-ring (bicyclic) bond motifs is 2. The number of piperidine rings is 1. The number of carbonyl (C=O) groups excluding carboxylic acids is 2. The standard InChI is InChI=1S/C24H22ClNO3/c1-26-23(28)22(19(27)13-10-15-8-11-16(25)12-9-15)21-17-5-2-3-7-20(17)29-24(26)14-4-6-18(21)24/h2-3,5,7-13,18,21-22H,4,6,14H2,1H3/b13-10+. The number of halogens is 1. The Kier molecular flexibility index (Phi) is 4.28. The number of nitrogens with zero attached hydrogens (tertiary/aromatic N) is 1. The number of ether oxygens (including phenoxy) is 1. The van der Waals surface area contributed by atoms with Gasteiger partial charge in [-0.15, -0.1) is 0 Å². The van der Waals surface area contributed by atoms with E-state index in [-0.39, 0.29) is 23.5 Å². The van der Waals surface area contributed by atoms with Gasteiger partial charge < -0.3 is 9.64 Å². The summed E-state index contributed by atoms with van der Waals surface area (Å²) in [5.41, 5.74) is 1.24. The summed E-state index contributed by atoms with van der Waals surface area (Å²) in [6, 6.07) is 15.1. The predicted octanol–water partition coefficient (Wildman–Crippen LogP) is 4.68. The summed E-state index contributed by atoms with van der Waals surface area (Å²) in [5, 5.41) is 0.647. The molecule has 1 aliphatic carbocycles. The zero-order chi connectivity index (χ0) is 20.2. The number of rotatable bonds is 3. The fourth-order valence-corrected chi connectivity index (χ4v) is 5.56. The molecule has 2 bridgehead atoms. The van der Waals surface area contributed by atoms with Gasteiger partial charge in [0.25, 0.3) is 0 Å². The van der Waals surface area contributed by atoms with Crippen LogP contribution in [0, 0.1) is 11.8 Å². The van der Waals surface area contributed by atoms with Crippen LogP contribution >= 0.6 is 11.6 Å². The van der Waals surface area contributed by atoms with Gasteiger partial charge in [0.1, 0.15) is 11.7 Å². The molecular formula is C24H22ClNO3. The lowest BCUT2D eigenvalue weighted by Crippen LogP contribution is -2.66. The molecule has 4 atom stereocenters. The topological polar surface area (TPSA) is 46.6 Å². The van der Waals surface area contributed by atoms with E-state index in [1.54, 1.807) is 36.2 Å². The molecule has 148 valence electrons. The first-order valence-corrected chi connectivity index (χ1v) is 10.4. The van der Waals surface area contributed by atoms with Crippen molar-refractivity contribution >= 4 is 29.4 Å². The Morgan fingerprint density at radius 1 is 1.21 bits per heavy atom. The fraction of sp³-hybridized carbons (Fsp3) is 0.333. The monoisotopic (exact) mass is 407 g/mol. The second kappa shape index (κ2) is 6.74. The lowest BCUT2D eigenvalue weighted by molar-refractivity contribution is -0.184. The third-order valence-electron chi connectivity index (χ3n) is 6.77. The van der Waals surface area contributed by atoms with Crippen molar-refractivity contribution in [2.75, 3.05) is 7.05 Å². The molecule has 5 rings (SSSR count). The maximum atomic E-state index is 13.4. The Labute approximate surface area is 175 Å². The van der Waals surface area contributed by atoms with Gasteiger partial charge in [-0.3, -0.25) is 9.59 Å². The molecule has 0 N–H and O–H groups in total. The third-order valence-corrected chi connectivity index (χ3v) is 7.02. The highest BCUT2D eigenvalue weighted by Crippen LogP contribution is 2.59. The van der Waals surface area contributed by atoms with E-state index in [1.807, 2.05) is 36.4 Å². The zero-order valence-electron chi connectivity index (χ0n) is 16.2. The molecule has 2 aromatic carbocycles. The van der Waals surface area contributed by atoms with Crippen molar-refractivity contribution in [3.63, 3.8) is 0 Å². The lowest BCUT2D eigenvalue weighted by atomic mass is 9.66. The smallest absolute Gasteiger partial charge is 0.236 e. The number of benzene rings is 2. The van der Waals surface area contributed by atoms with Crippen molar-refractivity contribution in [1.29, 1.82) is 0 Å². The molecule has 4 unspecified atom stereocenters. The van der Waals surface area contributed by atoms with Crippen molar-refractivity contribution in [3.05, 3.63) is 70.8 Å². The maximum absolute atomic E-state index is 13.4. The summed E-state index contributed by atoms with van der Waals surface area (Å²) in [5.74, 6) is -0.224. The fourth-order valence-electron chi connectivity index (χ4n) is 5.43. The Bertz CT molecular complexity index is 1020. The third kappa shape index (κ3) is 2.73. The molecule has 2 fully saturated rings. The molecular weight excluding hydrogens is 386 g/mol. The number of likely N-dealkylation sites (tertiary alicyclic amines) is 1. The van der Waals surface area contributed by atoms with Crippen LogP contribution < -0.4 is 4.74 Å². The SMILES string of the molecule is CN1C(=O)C(C(=O)/C=C/c2ccc(Cl)cc2)C2c3ccccc3OC13CCCC23. The van der Waals surface area contributed by atoms with Crippen molar-refractivity contribution in [2.45, 2.75) is 30.9 Å². The van der Waals surface area contributed by atoms with Crippen LogP contribution in [-0.4, -0.2) is 29.4 Å². The highest BCUT2D eigenvalue weighted by Gasteiger charge is 2.64. The second-order valence-electron chi connectivity index (χ2n) is 8.17. The van der Waals surface area contributed by atoms with E-state index < -0.39 is 11.6 Å². The van der Waals surface area contributed by atoms with E-state index in [4.69, 9.17) is 16.3 Å². The molecule has 4 nitrogen and oxygen atoms in total. The van der Waals surface area contributed by atoms with Crippen molar-refractivity contribution < 1.29 is 14.3 Å². The van der Waals surface area contributed by atoms with Gasteiger partial charge in [0.05, 0.1) is 0 Å². The molecule has 3 aliphatic rings. The van der Waals surface area contributed by atoms with Crippen LogP contribution in [0.3, 0.4) is 0 Å². The van der Waals surface area contributed by atoms with E-state index in [1.165, 1.54) is 0 Å². The highest BCUT2D eigenvalue weighted by molar-refractivity contribution is 6.30. The summed E-state index contributed by atoms with van der Waals surface area (Å²) in [6.07, 6.45) is 6.06. The first-order valence-electron chi connectivity index (χ1n) is 10.0. The Morgan fingerprint density at radius 3 is 2.76 bits per heavy atom. The van der Waals surface area contributed by atoms with Gasteiger partial charge in [0.15, 0.2) is 11.5 Å². The first-order chi connectivity index (χ1) is 14.0. The van der Waals surface area contributed by atoms with Gasteiger partial charge in [0.2, 0.25) is 5.91 Å². The number of hydrogen-bond acceptors (Lipinski definition) is 3. The molecule has 1 saturated heterocycles. The van der Waals surface area contributed by atoms with E-state index in [9.17, 15) is 9.59 Å². The lowest BCUT2D eigenvalue weighted by Gasteiger charge is -2.55. The van der Waals surface area contributed by atoms with Crippen LogP contribution in [0.5, 0.6) is 5.75 Å². The van der Waals surface area contributed by atoms with E-state index in [2.05, 4.69) is 0 Å². The predicted molar refractivity (Wildman–Crippen MR) is 112 cm³/mol. The summed E-state index contributed by atoms with van der Waals surface area (Å²) in [6.45, 7) is 0. The Morgan fingerprint density at radius 2 is 1.97 bits per heavy atom. The van der Waals surface area contributed by atoms with Gasteiger partial charge >= 0.3 is 0 Å². The number of hydrogen-bond donors (Lipinski definition) is 0. The molecule has 0 aromatic heterocycles. The number of para-hydroxylation sites is 1. The summed E-state index contributed by atoms with van der Waals surface area (Å²) in [4.78, 5) is 28.4. The molecule has 1 saturated carbocycles. The molecule has 0 radical (unpaired) electrons. The average molecular weight is 408 g/mol. The first kappa shape index (κ1) is 18.4. The van der Waals surface area contributed by atoms with Gasteiger partial charge in [-0.1, -0.05) is 48.0 Å². The molecule has 2 aromatic rings. The zero-order valence-corrected chi connectivity index (χ0v) is 16.9. The number of amides is 1. The quantitative estimate of drug-likeness (QED) is 0.548. The number of ketones is 1. The van der Waals surface area contributed by atoms with Crippen LogP contribution in [0.2, 0.25) is 5.02 Å². The molecule has 5 heteroatoms. The Balaban J connectivity index is 1.55. The van der Waals surface area contributed by atoms with Crippen molar-refractivity contribution in [3.8, 4) is 5.75 Å². The number of allylic oxidation sites excluding steroid dienone is 1. The van der Waals surface area contributed by atoms with Crippen LogP contribution in [0.1, 0.15) is 36.3 Å². The van der Waals surface area contributed by atoms with Crippen LogP contribution in [-0.2, 0) is 9.59 Å². The highest BCUT2D eigenvalue weighted by atomic mass is 35.5. The minimum absolute atomic E-state index is 0.137. The molecule has 0 spiro atoms. The van der Waals surface area contributed by atoms with Crippen LogP contribution in [0.4, 0.5) is 0 Å². The van der Waals surface area contributed by atoms with Crippen molar-refractivity contribution in [1.82, 2.24) is 4.90 Å². The van der Waals surface area contributed by atoms with E-state index >= 15 is 0 Å². The van der Waals surface area contributed by atoms with Crippen molar-refractivity contribution in [2.24, 2.45) is 11.8 Å². The van der Waals surface area contributed by atoms with E-state index in [0.717, 1.165) is 36.1 Å². The number of carbonyl (C=O) groups is 2. The van der Waals surface area contributed by atoms with Gasteiger partial charge in [-0.05, 0) is 48.2 Å². The summed E-state index contributed by atoms with van der Waals surface area (Å²) < 4.78 is 6.43.